The maximum Gasteiger partial charge on any atom is 0.340 e. The number of aromatic nitrogens is 2. The van der Waals surface area contributed by atoms with Gasteiger partial charge in [0.15, 0.2) is 11.5 Å². The molecule has 0 aliphatic heterocycles. The van der Waals surface area contributed by atoms with E-state index in [9.17, 15) is 9.59 Å². The maximum absolute atomic E-state index is 13.4. The van der Waals surface area contributed by atoms with Crippen molar-refractivity contribution in [3.05, 3.63) is 52.5 Å². The van der Waals surface area contributed by atoms with Gasteiger partial charge < -0.3 is 24.1 Å². The molecule has 10 heteroatoms. The number of anilines is 1. The highest BCUT2D eigenvalue weighted by Crippen LogP contribution is 2.35. The molecule has 1 aromatic carbocycles. The van der Waals surface area contributed by atoms with Crippen LogP contribution in [0, 0.1) is 6.92 Å². The van der Waals surface area contributed by atoms with Crippen molar-refractivity contribution in [2.24, 2.45) is 0 Å². The predicted molar refractivity (Wildman–Crippen MR) is 119 cm³/mol. The third kappa shape index (κ3) is 3.76. The molecular weight excluding hydrogens is 434 g/mol. The summed E-state index contributed by atoms with van der Waals surface area (Å²) >= 11 is 1.49. The maximum atomic E-state index is 13.4. The number of hydrogen-bond donors (Lipinski definition) is 1. The number of ether oxygens (including phenoxy) is 3. The summed E-state index contributed by atoms with van der Waals surface area (Å²) in [7, 11) is 4.16. The summed E-state index contributed by atoms with van der Waals surface area (Å²) < 4.78 is 20.8. The number of fused-ring (bicyclic) bond motifs is 1. The number of rotatable bonds is 6. The Morgan fingerprint density at radius 3 is 2.47 bits per heavy atom. The van der Waals surface area contributed by atoms with E-state index in [0.29, 0.717) is 33.8 Å². The molecule has 4 rings (SSSR count). The number of pyridine rings is 1. The first kappa shape index (κ1) is 21.3. The molecule has 4 aromatic rings. The average Bonchev–Trinajstić information content (AvgIpc) is 3.48. The Hall–Kier alpha value is -3.92. The number of esters is 1. The third-order valence-corrected chi connectivity index (χ3v) is 5.70. The van der Waals surface area contributed by atoms with Crippen LogP contribution in [0.1, 0.15) is 26.4 Å². The van der Waals surface area contributed by atoms with Crippen LogP contribution < -0.4 is 14.8 Å². The second kappa shape index (κ2) is 8.67. The highest BCUT2D eigenvalue weighted by atomic mass is 32.1. The van der Waals surface area contributed by atoms with Crippen LogP contribution in [-0.4, -0.2) is 43.3 Å². The fourth-order valence-corrected chi connectivity index (χ4v) is 3.96. The highest BCUT2D eigenvalue weighted by Gasteiger charge is 2.23. The summed E-state index contributed by atoms with van der Waals surface area (Å²) in [6, 6.07) is 8.41. The Labute approximate surface area is 186 Å². The monoisotopic (exact) mass is 453 g/mol. The van der Waals surface area contributed by atoms with Gasteiger partial charge in [0.05, 0.1) is 59.8 Å². The number of nitrogens with zero attached hydrogens (tertiary/aromatic N) is 2. The van der Waals surface area contributed by atoms with Crippen LogP contribution in [0.15, 0.2) is 40.2 Å². The van der Waals surface area contributed by atoms with E-state index in [2.05, 4.69) is 15.5 Å². The zero-order valence-electron chi connectivity index (χ0n) is 17.7. The lowest BCUT2D eigenvalue weighted by atomic mass is 10.1. The smallest absolute Gasteiger partial charge is 0.340 e. The van der Waals surface area contributed by atoms with Crippen molar-refractivity contribution in [2.75, 3.05) is 26.6 Å². The molecular formula is C22H19N3O6S. The summed E-state index contributed by atoms with van der Waals surface area (Å²) in [6.07, 6.45) is 0. The number of carbonyl (C=O) groups is 2. The Morgan fingerprint density at radius 2 is 1.81 bits per heavy atom. The average molecular weight is 453 g/mol. The van der Waals surface area contributed by atoms with Gasteiger partial charge in [-0.3, -0.25) is 4.79 Å². The normalized spacial score (nSPS) is 10.8. The van der Waals surface area contributed by atoms with E-state index in [1.807, 2.05) is 17.5 Å². The summed E-state index contributed by atoms with van der Waals surface area (Å²) in [5.41, 5.74) is 1.98. The van der Waals surface area contributed by atoms with Crippen molar-refractivity contribution < 1.29 is 28.3 Å². The Morgan fingerprint density at radius 1 is 1.06 bits per heavy atom. The number of amides is 1. The van der Waals surface area contributed by atoms with E-state index in [0.717, 1.165) is 4.88 Å². The van der Waals surface area contributed by atoms with E-state index in [4.69, 9.17) is 18.7 Å². The van der Waals surface area contributed by atoms with Crippen molar-refractivity contribution in [3.8, 4) is 22.1 Å². The predicted octanol–water partition coefficient (Wildman–Crippen LogP) is 4.32. The van der Waals surface area contributed by atoms with Crippen LogP contribution in [0.3, 0.4) is 0 Å². The Kier molecular flexibility index (Phi) is 5.78. The first-order valence-corrected chi connectivity index (χ1v) is 10.3. The summed E-state index contributed by atoms with van der Waals surface area (Å²) in [5.74, 6) is -0.441. The lowest BCUT2D eigenvalue weighted by molar-refractivity contribution is 0.0601. The minimum Gasteiger partial charge on any atom is -0.493 e. The van der Waals surface area contributed by atoms with E-state index in [-0.39, 0.29) is 17.0 Å². The van der Waals surface area contributed by atoms with Crippen molar-refractivity contribution in [3.63, 3.8) is 0 Å². The first-order chi connectivity index (χ1) is 15.5. The van der Waals surface area contributed by atoms with Crippen LogP contribution >= 0.6 is 11.3 Å². The van der Waals surface area contributed by atoms with Gasteiger partial charge in [0, 0.05) is 12.1 Å². The molecule has 0 spiro atoms. The number of benzene rings is 1. The molecule has 9 nitrogen and oxygen atoms in total. The Balaban J connectivity index is 1.82. The fraction of sp³-hybridized carbons (Fsp3) is 0.182. The van der Waals surface area contributed by atoms with Crippen molar-refractivity contribution in [2.45, 2.75) is 6.92 Å². The molecule has 1 N–H and O–H groups in total. The molecule has 32 heavy (non-hydrogen) atoms. The zero-order valence-corrected chi connectivity index (χ0v) is 18.5. The Bertz CT molecular complexity index is 1310. The van der Waals surface area contributed by atoms with Gasteiger partial charge in [-0.05, 0) is 24.4 Å². The van der Waals surface area contributed by atoms with Gasteiger partial charge in [-0.25, -0.2) is 9.78 Å². The third-order valence-electron chi connectivity index (χ3n) is 4.81. The largest absolute Gasteiger partial charge is 0.493 e. The van der Waals surface area contributed by atoms with Crippen molar-refractivity contribution in [1.29, 1.82) is 0 Å². The molecule has 0 fully saturated rings. The van der Waals surface area contributed by atoms with Crippen LogP contribution in [0.25, 0.3) is 21.7 Å². The summed E-state index contributed by atoms with van der Waals surface area (Å²) in [5, 5.41) is 9.14. The molecule has 0 aliphatic rings. The molecule has 0 unspecified atom stereocenters. The molecule has 1 amide bonds. The number of carbonyl (C=O) groups excluding carboxylic acids is 2. The molecule has 0 radical (unpaired) electrons. The number of thiophene rings is 1. The van der Waals surface area contributed by atoms with Crippen LogP contribution in [0.5, 0.6) is 11.5 Å². The van der Waals surface area contributed by atoms with E-state index < -0.39 is 11.9 Å². The molecule has 3 heterocycles. The van der Waals surface area contributed by atoms with Gasteiger partial charge in [-0.1, -0.05) is 11.2 Å². The molecule has 3 aromatic heterocycles. The molecule has 0 bridgehead atoms. The standard InChI is InChI=1S/C22H19N3O6S/c1-11-19-13(8-15(18-6-5-7-32-18)24-21(19)31-25-11)20(26)23-14-10-17(29-3)16(28-2)9-12(14)22(27)30-4/h5-10H,1-4H3,(H,23,26). The van der Waals surface area contributed by atoms with Crippen molar-refractivity contribution in [1.82, 2.24) is 10.1 Å². The first-order valence-electron chi connectivity index (χ1n) is 9.43. The fourth-order valence-electron chi connectivity index (χ4n) is 3.28. The minimum absolute atomic E-state index is 0.115. The van der Waals surface area contributed by atoms with E-state index >= 15 is 0 Å². The van der Waals surface area contributed by atoms with Gasteiger partial charge in [0.1, 0.15) is 0 Å². The van der Waals surface area contributed by atoms with Gasteiger partial charge in [-0.15, -0.1) is 11.3 Å². The molecule has 0 aliphatic carbocycles. The van der Waals surface area contributed by atoms with Crippen LogP contribution in [0.2, 0.25) is 0 Å². The van der Waals surface area contributed by atoms with Gasteiger partial charge >= 0.3 is 5.97 Å². The second-order valence-corrected chi connectivity index (χ2v) is 7.63. The van der Waals surface area contributed by atoms with Crippen LogP contribution in [-0.2, 0) is 4.74 Å². The topological polar surface area (TPSA) is 113 Å². The van der Waals surface area contributed by atoms with E-state index in [1.165, 1.54) is 44.8 Å². The lowest BCUT2D eigenvalue weighted by Crippen LogP contribution is -2.16. The molecule has 0 saturated carbocycles. The highest BCUT2D eigenvalue weighted by molar-refractivity contribution is 7.13. The quantitative estimate of drug-likeness (QED) is 0.430. The number of methoxy groups -OCH3 is 3. The molecule has 0 atom stereocenters. The van der Waals surface area contributed by atoms with Gasteiger partial charge in [-0.2, -0.15) is 0 Å². The number of nitrogens with one attached hydrogen (secondary N) is 1. The molecule has 0 saturated heterocycles. The SMILES string of the molecule is COC(=O)c1cc(OC)c(OC)cc1NC(=O)c1cc(-c2cccs2)nc2onc(C)c12. The van der Waals surface area contributed by atoms with Crippen LogP contribution in [0.4, 0.5) is 5.69 Å². The summed E-state index contributed by atoms with van der Waals surface area (Å²) in [6.45, 7) is 1.73. The van der Waals surface area contributed by atoms with Gasteiger partial charge in [0.2, 0.25) is 0 Å². The number of hydrogen-bond acceptors (Lipinski definition) is 9. The second-order valence-electron chi connectivity index (χ2n) is 6.68. The zero-order chi connectivity index (χ0) is 22.8. The van der Waals surface area contributed by atoms with E-state index in [1.54, 1.807) is 13.0 Å². The van der Waals surface area contributed by atoms with Gasteiger partial charge in [0.25, 0.3) is 11.6 Å². The number of aryl methyl sites for hydroxylation is 1. The molecule has 164 valence electrons. The minimum atomic E-state index is -0.637. The lowest BCUT2D eigenvalue weighted by Gasteiger charge is -2.15. The van der Waals surface area contributed by atoms with Crippen molar-refractivity contribution >= 4 is 40.0 Å². The summed E-state index contributed by atoms with van der Waals surface area (Å²) in [4.78, 5) is 31.1.